The number of carboxylic acid groups (broad SMARTS) is 1. The van der Waals surface area contributed by atoms with Gasteiger partial charge in [0.2, 0.25) is 0 Å². The molecule has 0 aliphatic carbocycles. The van der Waals surface area contributed by atoms with Crippen LogP contribution in [-0.2, 0) is 4.79 Å². The van der Waals surface area contributed by atoms with Gasteiger partial charge in [-0.2, -0.15) is 0 Å². The molecule has 0 saturated carbocycles. The van der Waals surface area contributed by atoms with Gasteiger partial charge < -0.3 is 10.0 Å². The van der Waals surface area contributed by atoms with Gasteiger partial charge in [0, 0.05) is 32.7 Å². The van der Waals surface area contributed by atoms with E-state index in [1.807, 2.05) is 0 Å². The highest BCUT2D eigenvalue weighted by atomic mass is 16.4. The zero-order valence-corrected chi connectivity index (χ0v) is 8.14. The highest BCUT2D eigenvalue weighted by Crippen LogP contribution is 2.13. The van der Waals surface area contributed by atoms with Gasteiger partial charge in [0.15, 0.2) is 0 Å². The summed E-state index contributed by atoms with van der Waals surface area (Å²) in [5, 5.41) is 8.96. The Morgan fingerprint density at radius 3 is 2.43 bits per heavy atom. The molecular formula is C10H12N2O2. The third-order valence-corrected chi connectivity index (χ3v) is 1.61. The standard InChI is InChI=1S/C10H12N2O2/c1-12(2)7-9(10(13)14)8-3-5-11-6-4-8/h3-7H,1-2H3,(H,13,14)/b9-7+. The molecule has 4 heteroatoms. The lowest BCUT2D eigenvalue weighted by Gasteiger charge is -2.08. The maximum absolute atomic E-state index is 10.9. The van der Waals surface area contributed by atoms with Crippen molar-refractivity contribution >= 4 is 11.5 Å². The average molecular weight is 192 g/mol. The fraction of sp³-hybridized carbons (Fsp3) is 0.200. The first-order valence-corrected chi connectivity index (χ1v) is 4.13. The average Bonchev–Trinajstić information content (AvgIpc) is 2.15. The van der Waals surface area contributed by atoms with Gasteiger partial charge in [0.05, 0.1) is 5.57 Å². The molecule has 14 heavy (non-hydrogen) atoms. The van der Waals surface area contributed by atoms with Crippen molar-refractivity contribution in [2.75, 3.05) is 14.1 Å². The van der Waals surface area contributed by atoms with E-state index < -0.39 is 5.97 Å². The second kappa shape index (κ2) is 4.41. The lowest BCUT2D eigenvalue weighted by molar-refractivity contribution is -0.130. The van der Waals surface area contributed by atoms with E-state index in [4.69, 9.17) is 5.11 Å². The van der Waals surface area contributed by atoms with Crippen LogP contribution in [0.5, 0.6) is 0 Å². The lowest BCUT2D eigenvalue weighted by Crippen LogP contribution is -2.08. The van der Waals surface area contributed by atoms with Crippen molar-refractivity contribution in [3.8, 4) is 0 Å². The molecule has 0 saturated heterocycles. The van der Waals surface area contributed by atoms with Crippen molar-refractivity contribution in [1.82, 2.24) is 9.88 Å². The molecule has 0 unspecified atom stereocenters. The number of rotatable bonds is 3. The van der Waals surface area contributed by atoms with Gasteiger partial charge in [0.25, 0.3) is 0 Å². The van der Waals surface area contributed by atoms with Crippen molar-refractivity contribution in [1.29, 1.82) is 0 Å². The summed E-state index contributed by atoms with van der Waals surface area (Å²) in [6, 6.07) is 3.34. The Bertz CT molecular complexity index is 344. The minimum Gasteiger partial charge on any atom is -0.478 e. The molecule has 0 aromatic carbocycles. The van der Waals surface area contributed by atoms with Crippen LogP contribution < -0.4 is 0 Å². The van der Waals surface area contributed by atoms with E-state index in [9.17, 15) is 4.79 Å². The van der Waals surface area contributed by atoms with Crippen molar-refractivity contribution in [3.05, 3.63) is 36.3 Å². The SMILES string of the molecule is CN(C)/C=C(/C(=O)O)c1ccncc1. The summed E-state index contributed by atoms with van der Waals surface area (Å²) in [5.41, 5.74) is 0.915. The molecule has 0 aliphatic heterocycles. The van der Waals surface area contributed by atoms with Crippen molar-refractivity contribution in [2.24, 2.45) is 0 Å². The number of carboxylic acids is 1. The predicted molar refractivity (Wildman–Crippen MR) is 53.5 cm³/mol. The molecule has 1 aromatic rings. The molecule has 74 valence electrons. The molecule has 0 atom stereocenters. The summed E-state index contributed by atoms with van der Waals surface area (Å²) >= 11 is 0. The van der Waals surface area contributed by atoms with Crippen molar-refractivity contribution < 1.29 is 9.90 Å². The quantitative estimate of drug-likeness (QED) is 0.728. The number of carbonyl (C=O) groups is 1. The van der Waals surface area contributed by atoms with Crippen LogP contribution in [0.3, 0.4) is 0 Å². The molecule has 4 nitrogen and oxygen atoms in total. The molecule has 0 amide bonds. The Labute approximate surface area is 82.5 Å². The van der Waals surface area contributed by atoms with Crippen LogP contribution in [-0.4, -0.2) is 35.1 Å². The lowest BCUT2D eigenvalue weighted by atomic mass is 10.1. The van der Waals surface area contributed by atoms with E-state index in [-0.39, 0.29) is 5.57 Å². The van der Waals surface area contributed by atoms with Gasteiger partial charge in [-0.05, 0) is 17.7 Å². The topological polar surface area (TPSA) is 53.4 Å². The number of aliphatic carboxylic acids is 1. The summed E-state index contributed by atoms with van der Waals surface area (Å²) in [6.45, 7) is 0. The van der Waals surface area contributed by atoms with Crippen LogP contribution in [0.25, 0.3) is 5.57 Å². The van der Waals surface area contributed by atoms with Crippen molar-refractivity contribution in [2.45, 2.75) is 0 Å². The van der Waals surface area contributed by atoms with E-state index in [2.05, 4.69) is 4.98 Å². The summed E-state index contributed by atoms with van der Waals surface area (Å²) in [4.78, 5) is 16.5. The highest BCUT2D eigenvalue weighted by Gasteiger charge is 2.09. The smallest absolute Gasteiger partial charge is 0.337 e. The van der Waals surface area contributed by atoms with Gasteiger partial charge in [-0.1, -0.05) is 0 Å². The first-order valence-electron chi connectivity index (χ1n) is 4.13. The van der Waals surface area contributed by atoms with Crippen LogP contribution in [0.4, 0.5) is 0 Å². The maximum atomic E-state index is 10.9. The molecule has 1 N–H and O–H groups in total. The summed E-state index contributed by atoms with van der Waals surface area (Å²) in [6.07, 6.45) is 4.71. The van der Waals surface area contributed by atoms with Gasteiger partial charge in [-0.15, -0.1) is 0 Å². The van der Waals surface area contributed by atoms with Crippen molar-refractivity contribution in [3.63, 3.8) is 0 Å². The first-order chi connectivity index (χ1) is 6.61. The predicted octanol–water partition coefficient (Wildman–Crippen LogP) is 1.07. The van der Waals surface area contributed by atoms with E-state index in [1.54, 1.807) is 49.7 Å². The Morgan fingerprint density at radius 2 is 2.00 bits per heavy atom. The number of nitrogens with zero attached hydrogens (tertiary/aromatic N) is 2. The van der Waals surface area contributed by atoms with E-state index >= 15 is 0 Å². The third-order valence-electron chi connectivity index (χ3n) is 1.61. The Hall–Kier alpha value is -1.84. The summed E-state index contributed by atoms with van der Waals surface area (Å²) in [5.74, 6) is -0.940. The van der Waals surface area contributed by atoms with E-state index in [1.165, 1.54) is 0 Å². The number of pyridine rings is 1. The fourth-order valence-electron chi connectivity index (χ4n) is 1.04. The van der Waals surface area contributed by atoms with Gasteiger partial charge in [0.1, 0.15) is 0 Å². The largest absolute Gasteiger partial charge is 0.478 e. The maximum Gasteiger partial charge on any atom is 0.337 e. The van der Waals surface area contributed by atoms with Crippen LogP contribution in [0.15, 0.2) is 30.7 Å². The normalized spacial score (nSPS) is 11.1. The zero-order valence-electron chi connectivity index (χ0n) is 8.14. The molecule has 0 aliphatic rings. The van der Waals surface area contributed by atoms with Gasteiger partial charge in [-0.3, -0.25) is 4.98 Å². The second-order valence-corrected chi connectivity index (χ2v) is 3.05. The molecule has 0 spiro atoms. The number of hydrogen-bond acceptors (Lipinski definition) is 3. The first kappa shape index (κ1) is 10.2. The minimum absolute atomic E-state index is 0.261. The van der Waals surface area contributed by atoms with Gasteiger partial charge in [-0.25, -0.2) is 4.79 Å². The molecule has 0 bridgehead atoms. The summed E-state index contributed by atoms with van der Waals surface area (Å²) < 4.78 is 0. The number of aromatic nitrogens is 1. The molecule has 1 aromatic heterocycles. The Kier molecular flexibility index (Phi) is 3.23. The van der Waals surface area contributed by atoms with Gasteiger partial charge >= 0.3 is 5.97 Å². The minimum atomic E-state index is -0.940. The number of hydrogen-bond donors (Lipinski definition) is 1. The van der Waals surface area contributed by atoms with E-state index in [0.717, 1.165) is 0 Å². The zero-order chi connectivity index (χ0) is 10.6. The second-order valence-electron chi connectivity index (χ2n) is 3.05. The Balaban J connectivity index is 3.08. The molecule has 0 fully saturated rings. The van der Waals surface area contributed by atoms with E-state index in [0.29, 0.717) is 5.56 Å². The monoisotopic (exact) mass is 192 g/mol. The molecule has 0 radical (unpaired) electrons. The molecule has 1 rings (SSSR count). The van der Waals surface area contributed by atoms with Crippen LogP contribution in [0.2, 0.25) is 0 Å². The molecule has 1 heterocycles. The molecular weight excluding hydrogens is 180 g/mol. The van der Waals surface area contributed by atoms with Crippen LogP contribution in [0.1, 0.15) is 5.56 Å². The fourth-order valence-corrected chi connectivity index (χ4v) is 1.04. The summed E-state index contributed by atoms with van der Waals surface area (Å²) in [7, 11) is 3.56. The van der Waals surface area contributed by atoms with Crippen LogP contribution in [0, 0.1) is 0 Å². The third kappa shape index (κ3) is 2.58. The van der Waals surface area contributed by atoms with Crippen LogP contribution >= 0.6 is 0 Å². The highest BCUT2D eigenvalue weighted by molar-refractivity contribution is 6.15. The Morgan fingerprint density at radius 1 is 1.43 bits per heavy atom.